The van der Waals surface area contributed by atoms with Gasteiger partial charge in [0.25, 0.3) is 0 Å². The van der Waals surface area contributed by atoms with Gasteiger partial charge in [-0.1, -0.05) is 24.9 Å². The van der Waals surface area contributed by atoms with Crippen molar-refractivity contribution in [2.24, 2.45) is 0 Å². The summed E-state index contributed by atoms with van der Waals surface area (Å²) in [5, 5.41) is 0.241. The first-order valence-electron chi connectivity index (χ1n) is 6.18. The van der Waals surface area contributed by atoms with Gasteiger partial charge < -0.3 is 0 Å². The summed E-state index contributed by atoms with van der Waals surface area (Å²) in [6, 6.07) is 1.60. The molecule has 0 bridgehead atoms. The van der Waals surface area contributed by atoms with Crippen molar-refractivity contribution in [2.75, 3.05) is 6.54 Å². The lowest BCUT2D eigenvalue weighted by molar-refractivity contribution is 0.246. The van der Waals surface area contributed by atoms with Crippen molar-refractivity contribution < 1.29 is 8.42 Å². The molecule has 0 aliphatic carbocycles. The number of hydrogen-bond donors (Lipinski definition) is 0. The van der Waals surface area contributed by atoms with E-state index in [9.17, 15) is 8.42 Å². The highest BCUT2D eigenvalue weighted by molar-refractivity contribution is 7.89. The Balaban J connectivity index is 2.39. The molecule has 1 aromatic heterocycles. The average molecular weight is 289 g/mol. The number of piperidine rings is 1. The lowest BCUT2D eigenvalue weighted by atomic mass is 10.0. The quantitative estimate of drug-likeness (QED) is 0.859. The van der Waals surface area contributed by atoms with Gasteiger partial charge in [-0.3, -0.25) is 4.98 Å². The van der Waals surface area contributed by atoms with E-state index in [1.165, 1.54) is 18.5 Å². The Kier molecular flexibility index (Phi) is 4.25. The van der Waals surface area contributed by atoms with Gasteiger partial charge in [0.05, 0.1) is 5.02 Å². The monoisotopic (exact) mass is 288 g/mol. The largest absolute Gasteiger partial charge is 0.263 e. The fourth-order valence-corrected chi connectivity index (χ4v) is 4.55. The van der Waals surface area contributed by atoms with Gasteiger partial charge in [0.1, 0.15) is 4.90 Å². The summed E-state index contributed by atoms with van der Waals surface area (Å²) in [4.78, 5) is 3.98. The van der Waals surface area contributed by atoms with Crippen molar-refractivity contribution in [2.45, 2.75) is 43.5 Å². The zero-order valence-electron chi connectivity index (χ0n) is 10.3. The van der Waals surface area contributed by atoms with E-state index in [0.717, 1.165) is 25.7 Å². The number of hydrogen-bond acceptors (Lipinski definition) is 3. The molecule has 6 heteroatoms. The fraction of sp³-hybridized carbons (Fsp3) is 0.583. The first kappa shape index (κ1) is 13.8. The molecule has 1 unspecified atom stereocenters. The van der Waals surface area contributed by atoms with Gasteiger partial charge in [-0.15, -0.1) is 0 Å². The molecule has 100 valence electrons. The molecule has 1 saturated heterocycles. The molecule has 1 aliphatic rings. The molecule has 18 heavy (non-hydrogen) atoms. The molecular formula is C12H17ClN2O2S. The Bertz CT molecular complexity index is 519. The van der Waals surface area contributed by atoms with Crippen molar-refractivity contribution in [3.05, 3.63) is 23.5 Å². The number of rotatable bonds is 3. The van der Waals surface area contributed by atoms with E-state index in [-0.39, 0.29) is 16.0 Å². The highest BCUT2D eigenvalue weighted by Crippen LogP contribution is 2.29. The summed E-state index contributed by atoms with van der Waals surface area (Å²) in [7, 11) is -3.52. The Hall–Kier alpha value is -0.650. The molecule has 2 rings (SSSR count). The maximum atomic E-state index is 12.6. The molecule has 1 fully saturated rings. The standard InChI is InChI=1S/C12H17ClN2O2S/c1-2-10-5-3-4-8-15(10)18(16,17)12-9-14-7-6-11(12)13/h6-7,9-10H,2-5,8H2,1H3. The van der Waals surface area contributed by atoms with Crippen molar-refractivity contribution in [1.82, 2.24) is 9.29 Å². The minimum Gasteiger partial charge on any atom is -0.263 e. The van der Waals surface area contributed by atoms with Crippen LogP contribution in [0.2, 0.25) is 5.02 Å². The van der Waals surface area contributed by atoms with Crippen molar-refractivity contribution >= 4 is 21.6 Å². The first-order valence-corrected chi connectivity index (χ1v) is 8.00. The molecule has 0 saturated carbocycles. The Morgan fingerprint density at radius 1 is 1.50 bits per heavy atom. The van der Waals surface area contributed by atoms with Crippen molar-refractivity contribution in [3.8, 4) is 0 Å². The highest BCUT2D eigenvalue weighted by Gasteiger charge is 2.33. The number of nitrogens with zero attached hydrogens (tertiary/aromatic N) is 2. The summed E-state index contributed by atoms with van der Waals surface area (Å²) < 4.78 is 26.7. The molecule has 4 nitrogen and oxygen atoms in total. The SMILES string of the molecule is CCC1CCCCN1S(=O)(=O)c1cnccc1Cl. The van der Waals surface area contributed by atoms with Crippen LogP contribution in [0.3, 0.4) is 0 Å². The van der Waals surface area contributed by atoms with Gasteiger partial charge in [0.15, 0.2) is 0 Å². The van der Waals surface area contributed by atoms with Gasteiger partial charge in [-0.2, -0.15) is 4.31 Å². The van der Waals surface area contributed by atoms with E-state index in [1.807, 2.05) is 6.92 Å². The lowest BCUT2D eigenvalue weighted by Crippen LogP contribution is -2.43. The predicted octanol–water partition coefficient (Wildman–Crippen LogP) is 2.69. The van der Waals surface area contributed by atoms with Crippen LogP contribution in [-0.2, 0) is 10.0 Å². The van der Waals surface area contributed by atoms with Crippen LogP contribution >= 0.6 is 11.6 Å². The van der Waals surface area contributed by atoms with Gasteiger partial charge in [0, 0.05) is 25.0 Å². The molecule has 0 radical (unpaired) electrons. The van der Waals surface area contributed by atoms with Crippen LogP contribution in [0.15, 0.2) is 23.4 Å². The van der Waals surface area contributed by atoms with Crippen LogP contribution in [0.4, 0.5) is 0 Å². The molecule has 1 aliphatic heterocycles. The summed E-state index contributed by atoms with van der Waals surface area (Å²) >= 11 is 5.97. The molecule has 1 aromatic rings. The smallest absolute Gasteiger partial charge is 0.246 e. The van der Waals surface area contributed by atoms with Crippen LogP contribution in [0.5, 0.6) is 0 Å². The third kappa shape index (κ3) is 2.53. The number of pyridine rings is 1. The molecular weight excluding hydrogens is 272 g/mol. The van der Waals surface area contributed by atoms with E-state index in [4.69, 9.17) is 11.6 Å². The Labute approximate surface area is 113 Å². The number of halogens is 1. The third-order valence-electron chi connectivity index (χ3n) is 3.37. The number of sulfonamides is 1. The maximum Gasteiger partial charge on any atom is 0.246 e. The topological polar surface area (TPSA) is 50.3 Å². The summed E-state index contributed by atoms with van der Waals surface area (Å²) in [6.45, 7) is 2.59. The summed E-state index contributed by atoms with van der Waals surface area (Å²) in [5.41, 5.74) is 0. The van der Waals surface area contributed by atoms with E-state index >= 15 is 0 Å². The van der Waals surface area contributed by atoms with Crippen LogP contribution < -0.4 is 0 Å². The summed E-state index contributed by atoms with van der Waals surface area (Å²) in [6.07, 6.45) is 6.58. The average Bonchev–Trinajstić information content (AvgIpc) is 2.39. The van der Waals surface area contributed by atoms with E-state index in [1.54, 1.807) is 4.31 Å². The lowest BCUT2D eigenvalue weighted by Gasteiger charge is -2.34. The second-order valence-electron chi connectivity index (χ2n) is 4.48. The van der Waals surface area contributed by atoms with Crippen LogP contribution in [0.25, 0.3) is 0 Å². The third-order valence-corrected chi connectivity index (χ3v) is 5.79. The second-order valence-corrected chi connectivity index (χ2v) is 6.75. The van der Waals surface area contributed by atoms with Crippen LogP contribution in [-0.4, -0.2) is 30.3 Å². The highest BCUT2D eigenvalue weighted by atomic mass is 35.5. The summed E-state index contributed by atoms with van der Waals surface area (Å²) in [5.74, 6) is 0. The molecule has 0 spiro atoms. The molecule has 2 heterocycles. The van der Waals surface area contributed by atoms with E-state index < -0.39 is 10.0 Å². The van der Waals surface area contributed by atoms with Gasteiger partial charge in [-0.25, -0.2) is 8.42 Å². The number of aromatic nitrogens is 1. The van der Waals surface area contributed by atoms with Crippen LogP contribution in [0.1, 0.15) is 32.6 Å². The van der Waals surface area contributed by atoms with E-state index in [2.05, 4.69) is 4.98 Å². The second kappa shape index (κ2) is 5.55. The Morgan fingerprint density at radius 3 is 2.94 bits per heavy atom. The van der Waals surface area contributed by atoms with Crippen molar-refractivity contribution in [1.29, 1.82) is 0 Å². The van der Waals surface area contributed by atoms with Gasteiger partial charge >= 0.3 is 0 Å². The molecule has 0 aromatic carbocycles. The van der Waals surface area contributed by atoms with Crippen LogP contribution in [0, 0.1) is 0 Å². The minimum absolute atomic E-state index is 0.0834. The zero-order chi connectivity index (χ0) is 13.2. The molecule has 0 N–H and O–H groups in total. The molecule has 1 atom stereocenters. The first-order chi connectivity index (χ1) is 8.57. The Morgan fingerprint density at radius 2 is 2.28 bits per heavy atom. The predicted molar refractivity (Wildman–Crippen MR) is 71.1 cm³/mol. The molecule has 0 amide bonds. The fourth-order valence-electron chi connectivity index (χ4n) is 2.38. The zero-order valence-corrected chi connectivity index (χ0v) is 11.9. The normalized spacial score (nSPS) is 22.0. The maximum absolute atomic E-state index is 12.6. The van der Waals surface area contributed by atoms with Gasteiger partial charge in [0.2, 0.25) is 10.0 Å². The minimum atomic E-state index is -3.52. The van der Waals surface area contributed by atoms with Crippen molar-refractivity contribution in [3.63, 3.8) is 0 Å². The van der Waals surface area contributed by atoms with Gasteiger partial charge in [-0.05, 0) is 25.3 Å². The van der Waals surface area contributed by atoms with E-state index in [0.29, 0.717) is 6.54 Å².